The van der Waals surface area contributed by atoms with E-state index in [-0.39, 0.29) is 29.5 Å². The maximum absolute atomic E-state index is 14.1. The Morgan fingerprint density at radius 1 is 1.27 bits per heavy atom. The van der Waals surface area contributed by atoms with Crippen LogP contribution in [0.25, 0.3) is 0 Å². The lowest BCUT2D eigenvalue weighted by atomic mass is 9.46. The number of hydrogen-bond acceptors (Lipinski definition) is 7. The van der Waals surface area contributed by atoms with Gasteiger partial charge in [-0.15, -0.1) is 0 Å². The molecule has 1 spiro atoms. The maximum atomic E-state index is 14.1. The van der Waals surface area contributed by atoms with Gasteiger partial charge in [-0.3, -0.25) is 9.59 Å². The van der Waals surface area contributed by atoms with E-state index >= 15 is 0 Å². The highest BCUT2D eigenvalue weighted by Crippen LogP contribution is 2.67. The van der Waals surface area contributed by atoms with Gasteiger partial charge in [-0.25, -0.2) is 4.79 Å². The number of esters is 2. The first-order valence-electron chi connectivity index (χ1n) is 13.6. The Balaban J connectivity index is 1.74. The fraction of sp³-hybridized carbons (Fsp3) is 0.700. The van der Waals surface area contributed by atoms with Crippen molar-refractivity contribution >= 4 is 17.7 Å². The van der Waals surface area contributed by atoms with E-state index in [1.807, 2.05) is 13.0 Å². The lowest BCUT2D eigenvalue weighted by Gasteiger charge is -2.57. The van der Waals surface area contributed by atoms with Crippen LogP contribution in [-0.4, -0.2) is 51.8 Å². The summed E-state index contributed by atoms with van der Waals surface area (Å²) in [4.78, 5) is 40.9. The summed E-state index contributed by atoms with van der Waals surface area (Å²) in [5, 5.41) is 22.8. The van der Waals surface area contributed by atoms with Gasteiger partial charge in [0, 0.05) is 5.57 Å². The van der Waals surface area contributed by atoms with E-state index in [0.29, 0.717) is 12.0 Å². The quantitative estimate of drug-likeness (QED) is 0.338. The van der Waals surface area contributed by atoms with Crippen LogP contribution in [0.15, 0.2) is 35.5 Å². The van der Waals surface area contributed by atoms with E-state index in [4.69, 9.17) is 9.47 Å². The summed E-state index contributed by atoms with van der Waals surface area (Å²) < 4.78 is 12.3. The molecule has 0 unspecified atom stereocenters. The molecule has 202 valence electrons. The van der Waals surface area contributed by atoms with Crippen molar-refractivity contribution in [3.8, 4) is 0 Å². The van der Waals surface area contributed by atoms with Gasteiger partial charge < -0.3 is 19.7 Å². The van der Waals surface area contributed by atoms with Crippen LogP contribution in [0.5, 0.6) is 0 Å². The van der Waals surface area contributed by atoms with Crippen LogP contribution in [-0.2, 0) is 23.9 Å². The molecule has 0 amide bonds. The van der Waals surface area contributed by atoms with Crippen LogP contribution in [0.1, 0.15) is 61.3 Å². The first kappa shape index (κ1) is 26.4. The molecule has 0 aromatic carbocycles. The van der Waals surface area contributed by atoms with Gasteiger partial charge in [0.2, 0.25) is 0 Å². The van der Waals surface area contributed by atoms with Gasteiger partial charge in [-0.2, -0.15) is 0 Å². The smallest absolute Gasteiger partial charge is 0.333 e. The molecular weight excluding hydrogens is 472 g/mol. The largest absolute Gasteiger partial charge is 0.459 e. The van der Waals surface area contributed by atoms with E-state index in [1.54, 1.807) is 40.7 Å². The fourth-order valence-electron chi connectivity index (χ4n) is 8.43. The number of fused-ring (bicyclic) bond motifs is 3. The molecule has 1 heterocycles. The molecule has 1 aliphatic heterocycles. The lowest BCUT2D eigenvalue weighted by molar-refractivity contribution is -0.178. The second-order valence-electron chi connectivity index (χ2n) is 12.9. The summed E-state index contributed by atoms with van der Waals surface area (Å²) in [6, 6.07) is 0. The average molecular weight is 513 g/mol. The summed E-state index contributed by atoms with van der Waals surface area (Å²) in [6.45, 7) is 12.7. The molecule has 0 aromatic rings. The van der Waals surface area contributed by atoms with Gasteiger partial charge in [-0.05, 0) is 90.0 Å². The highest BCUT2D eigenvalue weighted by Gasteiger charge is 2.75. The summed E-state index contributed by atoms with van der Waals surface area (Å²) in [5.74, 6) is -3.24. The highest BCUT2D eigenvalue weighted by molar-refractivity contribution is 5.99. The minimum Gasteiger partial charge on any atom is -0.459 e. The molecule has 11 atom stereocenters. The zero-order valence-electron chi connectivity index (χ0n) is 22.9. The first-order valence-corrected chi connectivity index (χ1v) is 13.6. The van der Waals surface area contributed by atoms with E-state index in [9.17, 15) is 24.6 Å². The molecule has 7 nitrogen and oxygen atoms in total. The minimum absolute atomic E-state index is 0.0418. The molecule has 0 radical (unpaired) electrons. The summed E-state index contributed by atoms with van der Waals surface area (Å²) in [7, 11) is 0. The van der Waals surface area contributed by atoms with Gasteiger partial charge in [-0.1, -0.05) is 30.7 Å². The normalized spacial score (nSPS) is 46.9. The van der Waals surface area contributed by atoms with E-state index in [0.717, 1.165) is 6.42 Å². The first-order chi connectivity index (χ1) is 17.2. The van der Waals surface area contributed by atoms with Crippen molar-refractivity contribution in [2.45, 2.75) is 85.2 Å². The van der Waals surface area contributed by atoms with Crippen molar-refractivity contribution in [2.75, 3.05) is 0 Å². The van der Waals surface area contributed by atoms with Crippen molar-refractivity contribution in [3.63, 3.8) is 0 Å². The lowest BCUT2D eigenvalue weighted by Crippen LogP contribution is -2.61. The van der Waals surface area contributed by atoms with Gasteiger partial charge in [0.1, 0.15) is 12.2 Å². The van der Waals surface area contributed by atoms with Gasteiger partial charge in [0.15, 0.2) is 5.78 Å². The topological polar surface area (TPSA) is 110 Å². The Morgan fingerprint density at radius 2 is 1.95 bits per heavy atom. The SMILES string of the molecule is C/C=C(/C)C(=O)O[C@H]1[C@H]2[C@@H](OC(=O)[C@]23C[C@@H]2C[C@@H](C(C)(C)O)[C@H]3C=C2C)[C@H](O)[C@@H](C)[C@@H]2C=CC(=O)[C@]21C. The maximum Gasteiger partial charge on any atom is 0.333 e. The molecule has 2 N–H and O–H groups in total. The summed E-state index contributed by atoms with van der Waals surface area (Å²) in [5.41, 5.74) is -1.77. The third kappa shape index (κ3) is 3.42. The van der Waals surface area contributed by atoms with E-state index < -0.39 is 58.5 Å². The molecule has 37 heavy (non-hydrogen) atoms. The Hall–Kier alpha value is -2.25. The molecular formula is C30H40O7. The van der Waals surface area contributed by atoms with Crippen molar-refractivity contribution < 1.29 is 34.1 Å². The number of ether oxygens (including phenoxy) is 2. The minimum atomic E-state index is -1.16. The van der Waals surface area contributed by atoms with Crippen LogP contribution >= 0.6 is 0 Å². The number of aliphatic hydroxyl groups is 2. The zero-order chi connectivity index (χ0) is 27.2. The zero-order valence-corrected chi connectivity index (χ0v) is 22.9. The van der Waals surface area contributed by atoms with Crippen molar-refractivity contribution in [2.24, 2.45) is 46.3 Å². The number of ketones is 1. The van der Waals surface area contributed by atoms with Crippen molar-refractivity contribution in [1.82, 2.24) is 0 Å². The Morgan fingerprint density at radius 3 is 2.54 bits per heavy atom. The van der Waals surface area contributed by atoms with Crippen molar-refractivity contribution in [1.29, 1.82) is 0 Å². The van der Waals surface area contributed by atoms with E-state index in [1.165, 1.54) is 11.6 Å². The van der Waals surface area contributed by atoms with Crippen molar-refractivity contribution in [3.05, 3.63) is 35.5 Å². The predicted molar refractivity (Wildman–Crippen MR) is 136 cm³/mol. The van der Waals surface area contributed by atoms with Crippen LogP contribution in [0, 0.1) is 46.3 Å². The Labute approximate surface area is 219 Å². The third-order valence-corrected chi connectivity index (χ3v) is 10.7. The number of carbonyl (C=O) groups is 3. The molecule has 3 fully saturated rings. The molecule has 2 saturated carbocycles. The third-order valence-electron chi connectivity index (χ3n) is 10.7. The predicted octanol–water partition coefficient (Wildman–Crippen LogP) is 3.54. The Bertz CT molecular complexity index is 1130. The molecule has 1 saturated heterocycles. The fourth-order valence-corrected chi connectivity index (χ4v) is 8.43. The average Bonchev–Trinajstić information content (AvgIpc) is 3.27. The highest BCUT2D eigenvalue weighted by atomic mass is 16.6. The number of allylic oxidation sites excluding steroid dienone is 5. The molecule has 6 rings (SSSR count). The number of carbonyl (C=O) groups excluding carboxylic acids is 3. The second kappa shape index (κ2) is 8.37. The molecule has 2 bridgehead atoms. The molecule has 5 aliphatic carbocycles. The van der Waals surface area contributed by atoms with Crippen LogP contribution in [0.3, 0.4) is 0 Å². The van der Waals surface area contributed by atoms with E-state index in [2.05, 4.69) is 13.0 Å². The number of rotatable bonds is 3. The Kier molecular flexibility index (Phi) is 5.97. The number of hydrogen-bond donors (Lipinski definition) is 2. The molecule has 6 aliphatic rings. The van der Waals surface area contributed by atoms with Crippen LogP contribution < -0.4 is 0 Å². The van der Waals surface area contributed by atoms with Gasteiger partial charge in [0.05, 0.1) is 28.5 Å². The second-order valence-corrected chi connectivity index (χ2v) is 12.9. The van der Waals surface area contributed by atoms with Crippen LogP contribution in [0.2, 0.25) is 0 Å². The van der Waals surface area contributed by atoms with Gasteiger partial charge >= 0.3 is 11.9 Å². The molecule has 0 aromatic heterocycles. The summed E-state index contributed by atoms with van der Waals surface area (Å²) >= 11 is 0. The monoisotopic (exact) mass is 512 g/mol. The van der Waals surface area contributed by atoms with Gasteiger partial charge in [0.25, 0.3) is 0 Å². The van der Waals surface area contributed by atoms with Crippen LogP contribution in [0.4, 0.5) is 0 Å². The number of aliphatic hydroxyl groups excluding tert-OH is 1. The molecule has 7 heteroatoms. The standard InChI is InChI=1S/C30H40O7/c1-8-14(2)26(33)37-25-22-24(23(32)16(4)18-9-10-21(31)29(18,25)7)36-27(34)30(22)13-17-12-19(28(5,6)35)20(30)11-15(17)3/h8-11,16-20,22-25,32,35H,12-13H2,1-7H3/b14-8-/t16-,17-,18-,19+,20+,22+,23+,24+,25-,29-,30-/m0/s1. The summed E-state index contributed by atoms with van der Waals surface area (Å²) in [6.07, 6.45) is 5.36.